The fraction of sp³-hybridized carbons (Fsp3) is 0.182. The van der Waals surface area contributed by atoms with Crippen LogP contribution in [0.4, 0.5) is 20.2 Å². The van der Waals surface area contributed by atoms with E-state index in [1.54, 1.807) is 6.07 Å². The van der Waals surface area contributed by atoms with E-state index in [0.717, 1.165) is 12.2 Å². The third-order valence-corrected chi connectivity index (χ3v) is 4.16. The lowest BCUT2D eigenvalue weighted by Crippen LogP contribution is -2.09. The smallest absolute Gasteiger partial charge is 0.328 e. The highest BCUT2D eigenvalue weighted by Crippen LogP contribution is 2.26. The largest absolute Gasteiger partial charge is 0.481 e. The highest BCUT2D eigenvalue weighted by atomic mass is 35.5. The van der Waals surface area contributed by atoms with Crippen LogP contribution in [-0.4, -0.2) is 34.0 Å². The summed E-state index contributed by atoms with van der Waals surface area (Å²) >= 11 is 5.72. The highest BCUT2D eigenvalue weighted by Gasteiger charge is 2.12. The zero-order valence-corrected chi connectivity index (χ0v) is 18.4. The van der Waals surface area contributed by atoms with Crippen LogP contribution in [-0.2, 0) is 25.6 Å². The summed E-state index contributed by atoms with van der Waals surface area (Å²) in [6, 6.07) is 7.19. The van der Waals surface area contributed by atoms with E-state index in [2.05, 4.69) is 10.6 Å². The van der Waals surface area contributed by atoms with E-state index < -0.39 is 29.5 Å². The quantitative estimate of drug-likeness (QED) is 0.434. The van der Waals surface area contributed by atoms with Crippen molar-refractivity contribution in [2.45, 2.75) is 26.7 Å². The van der Waals surface area contributed by atoms with E-state index in [1.165, 1.54) is 38.1 Å². The van der Waals surface area contributed by atoms with Crippen LogP contribution in [0.3, 0.4) is 0 Å². The number of aliphatic carboxylic acids is 2. The number of nitrogens with one attached hydrogen (secondary N) is 2. The molecule has 2 amide bonds. The summed E-state index contributed by atoms with van der Waals surface area (Å²) in [6.07, 6.45) is 1.77. The fourth-order valence-electron chi connectivity index (χ4n) is 2.46. The monoisotopic (exact) mass is 482 g/mol. The molecule has 4 N–H and O–H groups in total. The summed E-state index contributed by atoms with van der Waals surface area (Å²) < 4.78 is 27.5. The zero-order valence-electron chi connectivity index (χ0n) is 17.6. The summed E-state index contributed by atoms with van der Waals surface area (Å²) in [4.78, 5) is 42.3. The van der Waals surface area contributed by atoms with Gasteiger partial charge in [0, 0.05) is 31.9 Å². The van der Waals surface area contributed by atoms with E-state index in [9.17, 15) is 28.0 Å². The average Bonchev–Trinajstić information content (AvgIpc) is 2.70. The van der Waals surface area contributed by atoms with Crippen LogP contribution in [0.1, 0.15) is 31.4 Å². The minimum absolute atomic E-state index is 0.0491. The van der Waals surface area contributed by atoms with Crippen molar-refractivity contribution >= 4 is 52.8 Å². The number of hydrogen-bond donors (Lipinski definition) is 4. The molecule has 2 aromatic carbocycles. The van der Waals surface area contributed by atoms with Gasteiger partial charge in [0.15, 0.2) is 5.82 Å². The lowest BCUT2D eigenvalue weighted by Gasteiger charge is -2.07. The molecule has 2 rings (SSSR count). The van der Waals surface area contributed by atoms with Gasteiger partial charge in [-0.3, -0.25) is 14.4 Å². The van der Waals surface area contributed by atoms with E-state index in [1.807, 2.05) is 0 Å². The number of carboxylic acids is 2. The molecule has 0 fully saturated rings. The van der Waals surface area contributed by atoms with Gasteiger partial charge in [0.2, 0.25) is 11.8 Å². The van der Waals surface area contributed by atoms with Crippen LogP contribution in [0.25, 0.3) is 6.08 Å². The molecular weight excluding hydrogens is 462 g/mol. The summed E-state index contributed by atoms with van der Waals surface area (Å²) in [5, 5.41) is 21.6. The van der Waals surface area contributed by atoms with Crippen molar-refractivity contribution < 1.29 is 38.2 Å². The first-order valence-corrected chi connectivity index (χ1v) is 9.73. The standard InChI is InChI=1S/C11H9ClFNO3.C11H12FNO3/c1-6(15)14-9-4-3-8(12)7(11(9)13)2-5-10(16)17;1-7(14)13-9-4-2-3-8(11(9)12)5-6-10(15)16/h2-5H,1H3,(H,14,15)(H,16,17);2-4H,5-6H2,1H3,(H,13,14)(H,15,16)/b5-2+;. The number of benzene rings is 2. The topological polar surface area (TPSA) is 133 Å². The average molecular weight is 483 g/mol. The number of hydrogen-bond acceptors (Lipinski definition) is 4. The van der Waals surface area contributed by atoms with Gasteiger partial charge in [-0.25, -0.2) is 13.6 Å². The Morgan fingerprint density at radius 1 is 0.939 bits per heavy atom. The molecule has 11 heteroatoms. The van der Waals surface area contributed by atoms with Gasteiger partial charge in [0.05, 0.1) is 16.4 Å². The molecule has 0 spiro atoms. The fourth-order valence-corrected chi connectivity index (χ4v) is 2.67. The second-order valence-corrected chi connectivity index (χ2v) is 6.94. The molecular formula is C22H21ClF2N2O6. The van der Waals surface area contributed by atoms with Gasteiger partial charge >= 0.3 is 11.9 Å². The molecule has 0 aliphatic carbocycles. The molecule has 0 saturated carbocycles. The predicted molar refractivity (Wildman–Crippen MR) is 119 cm³/mol. The Morgan fingerprint density at radius 2 is 1.52 bits per heavy atom. The number of amides is 2. The van der Waals surface area contributed by atoms with Crippen LogP contribution < -0.4 is 10.6 Å². The van der Waals surface area contributed by atoms with Gasteiger partial charge in [-0.1, -0.05) is 23.7 Å². The van der Waals surface area contributed by atoms with Crippen molar-refractivity contribution in [3.8, 4) is 0 Å². The zero-order chi connectivity index (χ0) is 25.1. The number of carboxylic acid groups (broad SMARTS) is 2. The summed E-state index contributed by atoms with van der Waals surface area (Å²) in [5.41, 5.74) is 0.233. The summed E-state index contributed by atoms with van der Waals surface area (Å²) in [6.45, 7) is 2.52. The Bertz CT molecular complexity index is 1090. The first-order chi connectivity index (χ1) is 15.4. The third kappa shape index (κ3) is 9.48. The number of rotatable bonds is 7. The molecule has 0 aliphatic rings. The second kappa shape index (κ2) is 12.9. The molecule has 0 atom stereocenters. The first kappa shape index (κ1) is 27.2. The van der Waals surface area contributed by atoms with Crippen LogP contribution in [0.15, 0.2) is 36.4 Å². The van der Waals surface area contributed by atoms with E-state index >= 15 is 0 Å². The Hall–Kier alpha value is -3.79. The van der Waals surface area contributed by atoms with Crippen molar-refractivity contribution in [1.29, 1.82) is 0 Å². The van der Waals surface area contributed by atoms with E-state index in [0.29, 0.717) is 0 Å². The van der Waals surface area contributed by atoms with Crippen LogP contribution in [0, 0.1) is 11.6 Å². The number of carbonyl (C=O) groups excluding carboxylic acids is 2. The van der Waals surface area contributed by atoms with Gasteiger partial charge < -0.3 is 20.8 Å². The van der Waals surface area contributed by atoms with Crippen molar-refractivity contribution in [3.05, 3.63) is 64.2 Å². The van der Waals surface area contributed by atoms with E-state index in [-0.39, 0.29) is 46.3 Å². The van der Waals surface area contributed by atoms with Crippen molar-refractivity contribution in [1.82, 2.24) is 0 Å². The van der Waals surface area contributed by atoms with Crippen molar-refractivity contribution in [2.24, 2.45) is 0 Å². The maximum Gasteiger partial charge on any atom is 0.328 e. The Kier molecular flexibility index (Phi) is 10.7. The molecule has 176 valence electrons. The molecule has 0 unspecified atom stereocenters. The maximum atomic E-state index is 13.8. The predicted octanol–water partition coefficient (Wildman–Crippen LogP) is 4.34. The molecule has 2 aromatic rings. The van der Waals surface area contributed by atoms with Crippen LogP contribution in [0.2, 0.25) is 5.02 Å². The molecule has 0 aromatic heterocycles. The number of carbonyl (C=O) groups is 4. The van der Waals surface area contributed by atoms with Gasteiger partial charge in [0.25, 0.3) is 0 Å². The lowest BCUT2D eigenvalue weighted by atomic mass is 10.1. The molecule has 0 aliphatic heterocycles. The molecule has 0 radical (unpaired) electrons. The van der Waals surface area contributed by atoms with Crippen molar-refractivity contribution in [2.75, 3.05) is 10.6 Å². The van der Waals surface area contributed by atoms with Gasteiger partial charge in [-0.2, -0.15) is 0 Å². The number of aryl methyl sites for hydroxylation is 1. The summed E-state index contributed by atoms with van der Waals surface area (Å²) in [7, 11) is 0. The molecule has 0 bridgehead atoms. The van der Waals surface area contributed by atoms with Gasteiger partial charge in [-0.05, 0) is 36.3 Å². The molecule has 33 heavy (non-hydrogen) atoms. The Labute approximate surface area is 192 Å². The minimum Gasteiger partial charge on any atom is -0.481 e. The number of anilines is 2. The number of halogens is 3. The summed E-state index contributed by atoms with van der Waals surface area (Å²) in [5.74, 6) is -4.34. The van der Waals surface area contributed by atoms with Crippen LogP contribution >= 0.6 is 11.6 Å². The normalized spacial score (nSPS) is 10.2. The maximum absolute atomic E-state index is 13.8. The SMILES string of the molecule is CC(=O)Nc1ccc(Cl)c(/C=C/C(=O)O)c1F.CC(=O)Nc1cccc(CCC(=O)O)c1F. The second-order valence-electron chi connectivity index (χ2n) is 6.53. The molecule has 0 heterocycles. The first-order valence-electron chi connectivity index (χ1n) is 9.35. The van der Waals surface area contributed by atoms with Gasteiger partial charge in [0.1, 0.15) is 5.82 Å². The minimum atomic E-state index is -1.22. The Balaban J connectivity index is 0.000000331. The molecule has 0 saturated heterocycles. The molecule has 8 nitrogen and oxygen atoms in total. The van der Waals surface area contributed by atoms with Gasteiger partial charge in [-0.15, -0.1) is 0 Å². The Morgan fingerprint density at radius 3 is 2.03 bits per heavy atom. The van der Waals surface area contributed by atoms with Crippen LogP contribution in [0.5, 0.6) is 0 Å². The third-order valence-electron chi connectivity index (χ3n) is 3.83. The highest BCUT2D eigenvalue weighted by molar-refractivity contribution is 6.32. The lowest BCUT2D eigenvalue weighted by molar-refractivity contribution is -0.137. The van der Waals surface area contributed by atoms with Crippen molar-refractivity contribution in [3.63, 3.8) is 0 Å². The van der Waals surface area contributed by atoms with E-state index in [4.69, 9.17) is 21.8 Å².